The molecule has 0 saturated heterocycles. The van der Waals surface area contributed by atoms with E-state index in [-0.39, 0.29) is 17.2 Å². The number of rotatable bonds is 2. The van der Waals surface area contributed by atoms with E-state index in [4.69, 9.17) is 15.2 Å². The Bertz CT molecular complexity index is 1150. The van der Waals surface area contributed by atoms with Gasteiger partial charge < -0.3 is 15.2 Å². The zero-order valence-electron chi connectivity index (χ0n) is 16.3. The van der Waals surface area contributed by atoms with Gasteiger partial charge in [0.25, 0.3) is 0 Å². The smallest absolute Gasteiger partial charge is 0.244 e. The summed E-state index contributed by atoms with van der Waals surface area (Å²) in [5, 5.41) is 19.3. The molecule has 0 aliphatic carbocycles. The van der Waals surface area contributed by atoms with E-state index in [0.29, 0.717) is 11.5 Å². The summed E-state index contributed by atoms with van der Waals surface area (Å²) < 4.78 is 11.2. The highest BCUT2D eigenvalue weighted by molar-refractivity contribution is 5.92. The van der Waals surface area contributed by atoms with E-state index in [1.165, 1.54) is 0 Å². The molecule has 0 radical (unpaired) electrons. The fourth-order valence-electron chi connectivity index (χ4n) is 3.85. The second kappa shape index (κ2) is 6.31. The van der Waals surface area contributed by atoms with E-state index in [2.05, 4.69) is 37.0 Å². The van der Waals surface area contributed by atoms with Gasteiger partial charge in [-0.3, -0.25) is 5.10 Å². The number of nitrogens with one attached hydrogen (secondary N) is 1. The molecule has 3 N–H and O–H groups in total. The van der Waals surface area contributed by atoms with Crippen LogP contribution in [0.2, 0.25) is 0 Å². The Balaban J connectivity index is 2.07. The minimum atomic E-state index is -0.377. The lowest BCUT2D eigenvalue weighted by molar-refractivity contribution is 0.378. The minimum Gasteiger partial charge on any atom is -0.496 e. The third-order valence-electron chi connectivity index (χ3n) is 5.14. The normalized spacial score (nSPS) is 16.5. The van der Waals surface area contributed by atoms with Crippen LogP contribution in [0.4, 0.5) is 0 Å². The van der Waals surface area contributed by atoms with Crippen molar-refractivity contribution in [2.45, 2.75) is 32.1 Å². The molecule has 0 bridgehead atoms. The number of allylic oxidation sites excluding steroid dienone is 1. The zero-order valence-corrected chi connectivity index (χ0v) is 16.3. The van der Waals surface area contributed by atoms with Gasteiger partial charge in [0, 0.05) is 16.5 Å². The van der Waals surface area contributed by atoms with Gasteiger partial charge in [0.2, 0.25) is 11.8 Å². The number of H-pyrrole nitrogens is 1. The molecule has 142 valence electrons. The third kappa shape index (κ3) is 2.59. The standard InChI is InChI=1S/C22H22N4O2/c1-22(2,3)19-18-17(15(11-23)20(24)28-21(18)26-25-19)14-9-10-16(27-4)13-8-6-5-7-12(13)14/h5-10,17H,24H2,1-4H3,(H,25,26)/t17-/m1/s1. The van der Waals surface area contributed by atoms with Crippen molar-refractivity contribution in [3.8, 4) is 17.7 Å². The summed E-state index contributed by atoms with van der Waals surface area (Å²) in [5.74, 6) is 0.918. The molecule has 0 spiro atoms. The number of hydrogen-bond donors (Lipinski definition) is 2. The Morgan fingerprint density at radius 3 is 2.54 bits per heavy atom. The maximum Gasteiger partial charge on any atom is 0.244 e. The molecule has 1 atom stereocenters. The Labute approximate surface area is 163 Å². The SMILES string of the molecule is COc1ccc([C@@H]2C(C#N)=C(N)Oc3n[nH]c(C(C)(C)C)c32)c2ccccc12. The molecule has 2 aromatic carbocycles. The second-order valence-electron chi connectivity index (χ2n) is 7.89. The van der Waals surface area contributed by atoms with Crippen LogP contribution in [0.1, 0.15) is 43.5 Å². The summed E-state index contributed by atoms with van der Waals surface area (Å²) in [5.41, 5.74) is 9.02. The van der Waals surface area contributed by atoms with E-state index in [1.54, 1.807) is 7.11 Å². The molecule has 2 heterocycles. The van der Waals surface area contributed by atoms with E-state index in [0.717, 1.165) is 33.3 Å². The van der Waals surface area contributed by atoms with Crippen molar-refractivity contribution in [2.24, 2.45) is 5.73 Å². The minimum absolute atomic E-state index is 0.0897. The molecule has 0 saturated carbocycles. The summed E-state index contributed by atoms with van der Waals surface area (Å²) in [4.78, 5) is 0. The van der Waals surface area contributed by atoms with E-state index >= 15 is 0 Å². The van der Waals surface area contributed by atoms with Crippen molar-refractivity contribution in [1.82, 2.24) is 10.2 Å². The largest absolute Gasteiger partial charge is 0.496 e. The predicted molar refractivity (Wildman–Crippen MR) is 107 cm³/mol. The van der Waals surface area contributed by atoms with Crippen LogP contribution in [-0.4, -0.2) is 17.3 Å². The van der Waals surface area contributed by atoms with Gasteiger partial charge in [0.15, 0.2) is 0 Å². The topological polar surface area (TPSA) is 96.9 Å². The van der Waals surface area contributed by atoms with Gasteiger partial charge in [-0.15, -0.1) is 5.10 Å². The average Bonchev–Trinajstić information content (AvgIpc) is 3.10. The molecule has 1 aromatic heterocycles. The molecule has 0 fully saturated rings. The monoisotopic (exact) mass is 374 g/mol. The van der Waals surface area contributed by atoms with Crippen LogP contribution in [-0.2, 0) is 5.41 Å². The lowest BCUT2D eigenvalue weighted by atomic mass is 9.77. The maximum absolute atomic E-state index is 9.90. The second-order valence-corrected chi connectivity index (χ2v) is 7.89. The van der Waals surface area contributed by atoms with Crippen LogP contribution in [0.25, 0.3) is 10.8 Å². The van der Waals surface area contributed by atoms with Gasteiger partial charge in [-0.05, 0) is 17.0 Å². The quantitative estimate of drug-likeness (QED) is 0.704. The lowest BCUT2D eigenvalue weighted by Gasteiger charge is -2.28. The first-order chi connectivity index (χ1) is 13.4. The summed E-state index contributed by atoms with van der Waals surface area (Å²) in [6, 6.07) is 14.2. The highest BCUT2D eigenvalue weighted by Gasteiger charge is 2.38. The number of nitrogens with two attached hydrogens (primary N) is 1. The number of aromatic nitrogens is 2. The first kappa shape index (κ1) is 17.9. The van der Waals surface area contributed by atoms with E-state index < -0.39 is 0 Å². The summed E-state index contributed by atoms with van der Waals surface area (Å²) in [6.07, 6.45) is 0. The van der Waals surface area contributed by atoms with Gasteiger partial charge in [-0.2, -0.15) is 5.26 Å². The number of ether oxygens (including phenoxy) is 2. The van der Waals surface area contributed by atoms with Crippen LogP contribution >= 0.6 is 0 Å². The average molecular weight is 374 g/mol. The summed E-state index contributed by atoms with van der Waals surface area (Å²) >= 11 is 0. The number of aromatic amines is 1. The molecule has 3 aromatic rings. The fraction of sp³-hybridized carbons (Fsp3) is 0.273. The Morgan fingerprint density at radius 1 is 1.18 bits per heavy atom. The molecule has 0 amide bonds. The van der Waals surface area contributed by atoms with Crippen molar-refractivity contribution in [3.05, 3.63) is 64.7 Å². The van der Waals surface area contributed by atoms with Crippen LogP contribution in [0.5, 0.6) is 11.6 Å². The van der Waals surface area contributed by atoms with Crippen molar-refractivity contribution < 1.29 is 9.47 Å². The van der Waals surface area contributed by atoms with Crippen molar-refractivity contribution in [2.75, 3.05) is 7.11 Å². The maximum atomic E-state index is 9.90. The molecule has 6 heteroatoms. The van der Waals surface area contributed by atoms with E-state index in [9.17, 15) is 5.26 Å². The van der Waals surface area contributed by atoms with Gasteiger partial charge >= 0.3 is 0 Å². The zero-order chi connectivity index (χ0) is 20.1. The lowest BCUT2D eigenvalue weighted by Crippen LogP contribution is -2.24. The van der Waals surface area contributed by atoms with Gasteiger partial charge in [-0.25, -0.2) is 0 Å². The van der Waals surface area contributed by atoms with Crippen LogP contribution in [0, 0.1) is 11.3 Å². The van der Waals surface area contributed by atoms with Crippen LogP contribution < -0.4 is 15.2 Å². The highest BCUT2D eigenvalue weighted by Crippen LogP contribution is 2.47. The number of methoxy groups -OCH3 is 1. The van der Waals surface area contributed by atoms with Crippen molar-refractivity contribution in [1.29, 1.82) is 5.26 Å². The van der Waals surface area contributed by atoms with Gasteiger partial charge in [0.1, 0.15) is 17.4 Å². The van der Waals surface area contributed by atoms with E-state index in [1.807, 2.05) is 36.4 Å². The molecule has 0 unspecified atom stereocenters. The predicted octanol–water partition coefficient (Wildman–Crippen LogP) is 4.09. The Morgan fingerprint density at radius 2 is 1.89 bits per heavy atom. The van der Waals surface area contributed by atoms with Crippen molar-refractivity contribution >= 4 is 10.8 Å². The summed E-state index contributed by atoms with van der Waals surface area (Å²) in [6.45, 7) is 6.28. The molecule has 1 aliphatic rings. The number of nitriles is 1. The molecular formula is C22H22N4O2. The number of nitrogens with zero attached hydrogens (tertiary/aromatic N) is 2. The van der Waals surface area contributed by atoms with Gasteiger partial charge in [-0.1, -0.05) is 51.1 Å². The molecule has 28 heavy (non-hydrogen) atoms. The Kier molecular flexibility index (Phi) is 4.04. The first-order valence-electron chi connectivity index (χ1n) is 9.08. The number of benzene rings is 2. The number of hydrogen-bond acceptors (Lipinski definition) is 5. The highest BCUT2D eigenvalue weighted by atomic mass is 16.5. The molecule has 4 rings (SSSR count). The van der Waals surface area contributed by atoms with Crippen molar-refractivity contribution in [3.63, 3.8) is 0 Å². The van der Waals surface area contributed by atoms with Crippen LogP contribution in [0.3, 0.4) is 0 Å². The fourth-order valence-corrected chi connectivity index (χ4v) is 3.85. The number of fused-ring (bicyclic) bond motifs is 2. The Hall–Kier alpha value is -3.46. The van der Waals surface area contributed by atoms with Crippen LogP contribution in [0.15, 0.2) is 47.9 Å². The third-order valence-corrected chi connectivity index (χ3v) is 5.14. The summed E-state index contributed by atoms with van der Waals surface area (Å²) in [7, 11) is 1.65. The molecule has 1 aliphatic heterocycles. The molecular weight excluding hydrogens is 352 g/mol. The van der Waals surface area contributed by atoms with Gasteiger partial charge in [0.05, 0.1) is 18.6 Å². The first-order valence-corrected chi connectivity index (χ1v) is 9.08. The molecule has 6 nitrogen and oxygen atoms in total.